The van der Waals surface area contributed by atoms with Crippen LogP contribution in [-0.2, 0) is 21.7 Å². The lowest BCUT2D eigenvalue weighted by atomic mass is 9.88. The molecule has 150 valence electrons. The Labute approximate surface area is 168 Å². The molecule has 1 saturated heterocycles. The molecule has 8 heteroatoms. The number of amides is 2. The Kier molecular flexibility index (Phi) is 5.25. The number of carbonyl (C=O) groups excluding carboxylic acids is 2. The van der Waals surface area contributed by atoms with Crippen molar-refractivity contribution in [2.45, 2.75) is 44.9 Å². The van der Waals surface area contributed by atoms with Crippen LogP contribution >= 0.6 is 11.3 Å². The van der Waals surface area contributed by atoms with E-state index in [2.05, 4.69) is 4.98 Å². The highest BCUT2D eigenvalue weighted by Crippen LogP contribution is 2.40. The lowest BCUT2D eigenvalue weighted by Crippen LogP contribution is -2.55. The first-order chi connectivity index (χ1) is 13.6. The molecular weight excluding hydrogens is 376 g/mol. The summed E-state index contributed by atoms with van der Waals surface area (Å²) < 4.78 is 8.50. The number of aromatic nitrogens is 2. The number of piperidine rings is 1. The Morgan fingerprint density at radius 2 is 2.07 bits per heavy atom. The summed E-state index contributed by atoms with van der Waals surface area (Å²) in [5.41, 5.74) is 0.127. The Balaban J connectivity index is 1.54. The lowest BCUT2D eigenvalue weighted by Gasteiger charge is -2.46. The monoisotopic (exact) mass is 402 g/mol. The van der Waals surface area contributed by atoms with E-state index in [9.17, 15) is 9.59 Å². The van der Waals surface area contributed by atoms with Crippen LogP contribution in [0, 0.1) is 0 Å². The third-order valence-corrected chi connectivity index (χ3v) is 6.51. The van der Waals surface area contributed by atoms with Crippen molar-refractivity contribution in [2.24, 2.45) is 0 Å². The van der Waals surface area contributed by atoms with Crippen LogP contribution < -0.4 is 0 Å². The van der Waals surface area contributed by atoms with E-state index in [4.69, 9.17) is 4.74 Å². The Bertz CT molecular complexity index is 836. The molecule has 2 aliphatic heterocycles. The zero-order valence-electron chi connectivity index (χ0n) is 16.3. The van der Waals surface area contributed by atoms with E-state index in [0.29, 0.717) is 45.6 Å². The third kappa shape index (κ3) is 3.24. The highest BCUT2D eigenvalue weighted by Gasteiger charge is 2.48. The summed E-state index contributed by atoms with van der Waals surface area (Å²) in [5.74, 6) is 0.963. The molecular formula is C20H26N4O3S. The summed E-state index contributed by atoms with van der Waals surface area (Å²) in [6.45, 7) is 6.98. The standard InChI is InChI=1S/C20H26N4O3S/c1-3-22(4-2)18(26)16-13-24-11-8-21-19(24)20(27-16)6-9-23(10-7-20)17(25)15-5-12-28-14-15/h5,8,11-12,14,16H,3-4,6-7,9-10,13H2,1-2H3/t16-/m1/s1. The number of likely N-dealkylation sites (tertiary alicyclic amines) is 1. The molecule has 0 radical (unpaired) electrons. The number of likely N-dealkylation sites (N-methyl/N-ethyl adjacent to an activating group) is 1. The van der Waals surface area contributed by atoms with Crippen LogP contribution in [0.3, 0.4) is 0 Å². The van der Waals surface area contributed by atoms with Gasteiger partial charge in [0, 0.05) is 56.8 Å². The Morgan fingerprint density at radius 3 is 2.71 bits per heavy atom. The molecule has 4 rings (SSSR count). The van der Waals surface area contributed by atoms with Gasteiger partial charge in [0.05, 0.1) is 12.1 Å². The summed E-state index contributed by atoms with van der Waals surface area (Å²) >= 11 is 1.53. The molecule has 0 aliphatic carbocycles. The Hall–Kier alpha value is -2.19. The summed E-state index contributed by atoms with van der Waals surface area (Å²) in [6.07, 6.45) is 4.46. The van der Waals surface area contributed by atoms with Gasteiger partial charge in [0.1, 0.15) is 11.4 Å². The predicted octanol–water partition coefficient (Wildman–Crippen LogP) is 2.34. The van der Waals surface area contributed by atoms with Crippen molar-refractivity contribution >= 4 is 23.2 Å². The second-order valence-electron chi connectivity index (χ2n) is 7.32. The van der Waals surface area contributed by atoms with Crippen molar-refractivity contribution in [1.82, 2.24) is 19.4 Å². The molecule has 7 nitrogen and oxygen atoms in total. The number of ether oxygens (including phenoxy) is 1. The number of fused-ring (bicyclic) bond motifs is 2. The van der Waals surface area contributed by atoms with Gasteiger partial charge in [0.25, 0.3) is 11.8 Å². The average Bonchev–Trinajstić information content (AvgIpc) is 3.41. The van der Waals surface area contributed by atoms with Crippen molar-refractivity contribution in [2.75, 3.05) is 26.2 Å². The summed E-state index contributed by atoms with van der Waals surface area (Å²) in [6, 6.07) is 1.86. The quantitative estimate of drug-likeness (QED) is 0.787. The first-order valence-corrected chi connectivity index (χ1v) is 10.8. The molecule has 2 aromatic heterocycles. The van der Waals surface area contributed by atoms with E-state index in [1.54, 1.807) is 6.20 Å². The van der Waals surface area contributed by atoms with E-state index in [-0.39, 0.29) is 11.8 Å². The number of carbonyl (C=O) groups is 2. The van der Waals surface area contributed by atoms with Gasteiger partial charge in [-0.25, -0.2) is 4.98 Å². The second kappa shape index (κ2) is 7.67. The number of thiophene rings is 1. The summed E-state index contributed by atoms with van der Waals surface area (Å²) in [7, 11) is 0. The van der Waals surface area contributed by atoms with Crippen molar-refractivity contribution < 1.29 is 14.3 Å². The molecule has 1 fully saturated rings. The minimum absolute atomic E-state index is 0.0282. The number of hydrogen-bond acceptors (Lipinski definition) is 5. The molecule has 28 heavy (non-hydrogen) atoms. The Morgan fingerprint density at radius 1 is 1.32 bits per heavy atom. The van der Waals surface area contributed by atoms with Gasteiger partial charge in [-0.15, -0.1) is 0 Å². The molecule has 2 aromatic rings. The van der Waals surface area contributed by atoms with Crippen LogP contribution in [0.25, 0.3) is 0 Å². The smallest absolute Gasteiger partial charge is 0.254 e. The van der Waals surface area contributed by atoms with Gasteiger partial charge >= 0.3 is 0 Å². The lowest BCUT2D eigenvalue weighted by molar-refractivity contribution is -0.179. The van der Waals surface area contributed by atoms with E-state index in [1.165, 1.54) is 11.3 Å². The fraction of sp³-hybridized carbons (Fsp3) is 0.550. The van der Waals surface area contributed by atoms with Crippen LogP contribution in [0.1, 0.15) is 42.9 Å². The van der Waals surface area contributed by atoms with Gasteiger partial charge in [-0.3, -0.25) is 9.59 Å². The van der Waals surface area contributed by atoms with Crippen LogP contribution in [0.15, 0.2) is 29.2 Å². The van der Waals surface area contributed by atoms with Crippen molar-refractivity contribution in [3.63, 3.8) is 0 Å². The zero-order chi connectivity index (χ0) is 19.7. The number of hydrogen-bond donors (Lipinski definition) is 0. The summed E-state index contributed by atoms with van der Waals surface area (Å²) in [5, 5.41) is 3.80. The molecule has 1 atom stereocenters. The minimum Gasteiger partial charge on any atom is -0.352 e. The van der Waals surface area contributed by atoms with Gasteiger partial charge < -0.3 is 19.1 Å². The van der Waals surface area contributed by atoms with Gasteiger partial charge in [0.2, 0.25) is 0 Å². The fourth-order valence-electron chi connectivity index (χ4n) is 4.25. The van der Waals surface area contributed by atoms with Crippen molar-refractivity contribution in [3.05, 3.63) is 40.6 Å². The molecule has 2 amide bonds. The van der Waals surface area contributed by atoms with E-state index >= 15 is 0 Å². The first-order valence-electron chi connectivity index (χ1n) is 9.87. The molecule has 1 spiro atoms. The molecule has 0 aromatic carbocycles. The van der Waals surface area contributed by atoms with Crippen LogP contribution in [0.5, 0.6) is 0 Å². The predicted molar refractivity (Wildman–Crippen MR) is 106 cm³/mol. The van der Waals surface area contributed by atoms with Crippen molar-refractivity contribution in [1.29, 1.82) is 0 Å². The van der Waals surface area contributed by atoms with Gasteiger partial charge in [-0.1, -0.05) is 0 Å². The molecule has 2 aliphatic rings. The minimum atomic E-state index is -0.610. The molecule has 0 N–H and O–H groups in total. The highest BCUT2D eigenvalue weighted by molar-refractivity contribution is 7.08. The topological polar surface area (TPSA) is 67.7 Å². The maximum Gasteiger partial charge on any atom is 0.254 e. The van der Waals surface area contributed by atoms with Gasteiger partial charge in [-0.2, -0.15) is 11.3 Å². The zero-order valence-corrected chi connectivity index (χ0v) is 17.2. The third-order valence-electron chi connectivity index (χ3n) is 5.83. The second-order valence-corrected chi connectivity index (χ2v) is 8.10. The van der Waals surface area contributed by atoms with Gasteiger partial charge in [-0.05, 0) is 25.3 Å². The first kappa shape index (κ1) is 19.1. The van der Waals surface area contributed by atoms with Crippen molar-refractivity contribution in [3.8, 4) is 0 Å². The normalized spacial score (nSPS) is 20.8. The largest absolute Gasteiger partial charge is 0.352 e. The number of rotatable bonds is 4. The van der Waals surface area contributed by atoms with Crippen LogP contribution in [0.4, 0.5) is 0 Å². The van der Waals surface area contributed by atoms with E-state index in [0.717, 1.165) is 11.4 Å². The molecule has 0 unspecified atom stereocenters. The SMILES string of the molecule is CCN(CC)C(=O)[C@H]1Cn2ccnc2C2(CCN(C(=O)c3ccsc3)CC2)O1. The molecule has 0 saturated carbocycles. The molecule has 0 bridgehead atoms. The maximum atomic E-state index is 12.9. The van der Waals surface area contributed by atoms with E-state index in [1.807, 2.05) is 51.2 Å². The average molecular weight is 403 g/mol. The van der Waals surface area contributed by atoms with Crippen LogP contribution in [0.2, 0.25) is 0 Å². The summed E-state index contributed by atoms with van der Waals surface area (Å²) in [4.78, 5) is 33.9. The van der Waals surface area contributed by atoms with E-state index < -0.39 is 11.7 Å². The molecule has 4 heterocycles. The number of nitrogens with zero attached hydrogens (tertiary/aromatic N) is 4. The highest BCUT2D eigenvalue weighted by atomic mass is 32.1. The fourth-order valence-corrected chi connectivity index (χ4v) is 4.88. The van der Waals surface area contributed by atoms with Crippen LogP contribution in [-0.4, -0.2) is 63.4 Å². The number of imidazole rings is 1. The maximum absolute atomic E-state index is 12.9. The van der Waals surface area contributed by atoms with Gasteiger partial charge in [0.15, 0.2) is 6.10 Å².